The van der Waals surface area contributed by atoms with Gasteiger partial charge < -0.3 is 5.32 Å². The number of carbonyl (C=O) groups excluding carboxylic acids is 2. The van der Waals surface area contributed by atoms with Gasteiger partial charge in [-0.25, -0.2) is 0 Å². The Bertz CT molecular complexity index is 1350. The van der Waals surface area contributed by atoms with Gasteiger partial charge in [0.15, 0.2) is 0 Å². The Morgan fingerprint density at radius 3 is 2.50 bits per heavy atom. The maximum Gasteiger partial charge on any atom is 0.264 e. The molecule has 1 saturated heterocycles. The third kappa shape index (κ3) is 5.93. The second-order valence-electron chi connectivity index (χ2n) is 8.34. The summed E-state index contributed by atoms with van der Waals surface area (Å²) in [6.07, 6.45) is 0.938. The lowest BCUT2D eigenvalue weighted by Crippen LogP contribution is -2.32. The van der Waals surface area contributed by atoms with Crippen LogP contribution in [0.3, 0.4) is 0 Å². The molecule has 36 heavy (non-hydrogen) atoms. The molecule has 2 amide bonds. The predicted octanol–water partition coefficient (Wildman–Crippen LogP) is 6.09. The monoisotopic (exact) mass is 535 g/mol. The van der Waals surface area contributed by atoms with Crippen molar-refractivity contribution in [2.24, 2.45) is 0 Å². The van der Waals surface area contributed by atoms with Crippen LogP contribution in [0.25, 0.3) is 0 Å². The zero-order valence-electron chi connectivity index (χ0n) is 19.5. The first kappa shape index (κ1) is 25.8. The van der Waals surface area contributed by atoms with Crippen molar-refractivity contribution in [2.75, 3.05) is 11.4 Å². The molecule has 0 spiro atoms. The van der Waals surface area contributed by atoms with E-state index in [0.29, 0.717) is 40.1 Å². The van der Waals surface area contributed by atoms with Gasteiger partial charge in [-0.1, -0.05) is 83.0 Å². The lowest BCUT2D eigenvalue weighted by atomic mass is 10.1. The summed E-state index contributed by atoms with van der Waals surface area (Å²) < 4.78 is 0. The van der Waals surface area contributed by atoms with Crippen LogP contribution in [-0.4, -0.2) is 23.6 Å². The SMILES string of the molecule is Cc1ccc(N2C(=O)C(Cc3cc(Cl)ccc3Cl)S/C2=C(/C#N)C(=O)NCCc2ccccc2)cc1. The van der Waals surface area contributed by atoms with Crippen molar-refractivity contribution < 1.29 is 9.59 Å². The number of nitrogens with zero attached hydrogens (tertiary/aromatic N) is 2. The summed E-state index contributed by atoms with van der Waals surface area (Å²) in [5, 5.41) is 13.6. The molecule has 1 heterocycles. The number of thioether (sulfide) groups is 1. The fraction of sp³-hybridized carbons (Fsp3) is 0.179. The Morgan fingerprint density at radius 1 is 1.08 bits per heavy atom. The van der Waals surface area contributed by atoms with Crippen molar-refractivity contribution in [3.05, 3.63) is 110 Å². The van der Waals surface area contributed by atoms with Crippen molar-refractivity contribution >= 4 is 52.5 Å². The smallest absolute Gasteiger partial charge is 0.264 e. The molecule has 3 aromatic carbocycles. The number of carbonyl (C=O) groups is 2. The summed E-state index contributed by atoms with van der Waals surface area (Å²) in [7, 11) is 0. The molecule has 1 aliphatic rings. The van der Waals surface area contributed by atoms with Crippen LogP contribution < -0.4 is 10.2 Å². The Hall–Kier alpha value is -3.24. The molecule has 0 saturated carbocycles. The maximum absolute atomic E-state index is 13.6. The van der Waals surface area contributed by atoms with E-state index < -0.39 is 11.2 Å². The summed E-state index contributed by atoms with van der Waals surface area (Å²) in [6.45, 7) is 2.32. The molecule has 0 bridgehead atoms. The number of rotatable bonds is 7. The van der Waals surface area contributed by atoms with E-state index in [-0.39, 0.29) is 11.5 Å². The van der Waals surface area contributed by atoms with E-state index in [4.69, 9.17) is 23.2 Å². The van der Waals surface area contributed by atoms with Gasteiger partial charge in [-0.05, 0) is 61.2 Å². The second kappa shape index (κ2) is 11.7. The number of halogens is 2. The lowest BCUT2D eigenvalue weighted by Gasteiger charge is -2.19. The van der Waals surface area contributed by atoms with Crippen LogP contribution >= 0.6 is 35.0 Å². The highest BCUT2D eigenvalue weighted by Crippen LogP contribution is 2.42. The van der Waals surface area contributed by atoms with Gasteiger partial charge in [-0.3, -0.25) is 14.5 Å². The molecule has 1 fully saturated rings. The van der Waals surface area contributed by atoms with Gasteiger partial charge in [0, 0.05) is 22.3 Å². The van der Waals surface area contributed by atoms with Gasteiger partial charge in [-0.15, -0.1) is 0 Å². The van der Waals surface area contributed by atoms with Gasteiger partial charge in [-0.2, -0.15) is 5.26 Å². The molecule has 182 valence electrons. The highest BCUT2D eigenvalue weighted by atomic mass is 35.5. The van der Waals surface area contributed by atoms with Crippen molar-refractivity contribution in [3.63, 3.8) is 0 Å². The molecule has 1 aliphatic heterocycles. The third-order valence-electron chi connectivity index (χ3n) is 5.75. The van der Waals surface area contributed by atoms with E-state index in [9.17, 15) is 14.9 Å². The summed E-state index contributed by atoms with van der Waals surface area (Å²) in [6, 6.07) is 24.3. The zero-order valence-corrected chi connectivity index (χ0v) is 21.8. The molecule has 0 aromatic heterocycles. The molecule has 8 heteroatoms. The zero-order chi connectivity index (χ0) is 25.7. The molecule has 3 aromatic rings. The van der Waals surface area contributed by atoms with Gasteiger partial charge in [0.25, 0.3) is 5.91 Å². The first-order valence-corrected chi connectivity index (χ1v) is 13.0. The first-order valence-electron chi connectivity index (χ1n) is 11.3. The lowest BCUT2D eigenvalue weighted by molar-refractivity contribution is -0.117. The predicted molar refractivity (Wildman–Crippen MR) is 146 cm³/mol. The van der Waals surface area contributed by atoms with Crippen LogP contribution in [0.1, 0.15) is 16.7 Å². The number of benzene rings is 3. The number of hydrogen-bond acceptors (Lipinski definition) is 4. The molecule has 0 radical (unpaired) electrons. The van der Waals surface area contributed by atoms with Gasteiger partial charge >= 0.3 is 0 Å². The van der Waals surface area contributed by atoms with Gasteiger partial charge in [0.1, 0.15) is 16.7 Å². The minimum absolute atomic E-state index is 0.0957. The maximum atomic E-state index is 13.6. The van der Waals surface area contributed by atoms with Crippen molar-refractivity contribution in [1.29, 1.82) is 5.26 Å². The van der Waals surface area contributed by atoms with E-state index in [2.05, 4.69) is 5.32 Å². The van der Waals surface area contributed by atoms with Gasteiger partial charge in [0.2, 0.25) is 5.91 Å². The number of aryl methyl sites for hydroxylation is 1. The van der Waals surface area contributed by atoms with E-state index in [0.717, 1.165) is 16.7 Å². The molecular formula is C28H23Cl2N3O2S. The quantitative estimate of drug-likeness (QED) is 0.293. The van der Waals surface area contributed by atoms with Crippen LogP contribution in [-0.2, 0) is 22.4 Å². The van der Waals surface area contributed by atoms with E-state index in [1.807, 2.05) is 67.6 Å². The van der Waals surface area contributed by atoms with Crippen LogP contribution in [0.2, 0.25) is 10.0 Å². The number of nitriles is 1. The highest BCUT2D eigenvalue weighted by Gasteiger charge is 2.41. The van der Waals surface area contributed by atoms with Crippen LogP contribution in [0.4, 0.5) is 5.69 Å². The average Bonchev–Trinajstić information content (AvgIpc) is 3.18. The summed E-state index contributed by atoms with van der Waals surface area (Å²) in [5.74, 6) is -0.734. The molecule has 0 aliphatic carbocycles. The molecule has 1 atom stereocenters. The van der Waals surface area contributed by atoms with Crippen molar-refractivity contribution in [1.82, 2.24) is 5.32 Å². The summed E-state index contributed by atoms with van der Waals surface area (Å²) in [5.41, 5.74) is 3.34. The van der Waals surface area contributed by atoms with E-state index >= 15 is 0 Å². The van der Waals surface area contributed by atoms with Crippen molar-refractivity contribution in [3.8, 4) is 6.07 Å². The Balaban J connectivity index is 1.64. The number of amides is 2. The first-order chi connectivity index (χ1) is 17.4. The Morgan fingerprint density at radius 2 is 1.81 bits per heavy atom. The number of hydrogen-bond donors (Lipinski definition) is 1. The fourth-order valence-electron chi connectivity index (χ4n) is 3.87. The third-order valence-corrected chi connectivity index (χ3v) is 7.62. The summed E-state index contributed by atoms with van der Waals surface area (Å²) >= 11 is 13.7. The topological polar surface area (TPSA) is 73.2 Å². The molecule has 4 rings (SSSR count). The minimum Gasteiger partial charge on any atom is -0.351 e. The Kier molecular flexibility index (Phi) is 8.37. The standard InChI is InChI=1S/C28H23Cl2N3O2S/c1-18-7-10-22(11-8-18)33-27(35)25(16-20-15-21(29)9-12-24(20)30)36-28(33)23(17-31)26(34)32-14-13-19-5-3-2-4-6-19/h2-12,15,25H,13-14,16H2,1H3,(H,32,34)/b28-23-. The van der Waals surface area contributed by atoms with Crippen molar-refractivity contribution in [2.45, 2.75) is 25.0 Å². The van der Waals surface area contributed by atoms with Crippen LogP contribution in [0.5, 0.6) is 0 Å². The van der Waals surface area contributed by atoms with Crippen LogP contribution in [0, 0.1) is 18.3 Å². The summed E-state index contributed by atoms with van der Waals surface area (Å²) in [4.78, 5) is 28.1. The number of anilines is 1. The molecule has 1 N–H and O–H groups in total. The highest BCUT2D eigenvalue weighted by molar-refractivity contribution is 8.05. The van der Waals surface area contributed by atoms with E-state index in [1.165, 1.54) is 16.7 Å². The largest absolute Gasteiger partial charge is 0.351 e. The van der Waals surface area contributed by atoms with Gasteiger partial charge in [0.05, 0.1) is 5.25 Å². The molecule has 1 unspecified atom stereocenters. The average molecular weight is 536 g/mol. The normalized spacial score (nSPS) is 16.6. The van der Waals surface area contributed by atoms with Crippen LogP contribution in [0.15, 0.2) is 83.4 Å². The number of nitrogens with one attached hydrogen (secondary N) is 1. The van der Waals surface area contributed by atoms with E-state index in [1.54, 1.807) is 18.2 Å². The minimum atomic E-state index is -0.572. The molecule has 5 nitrogen and oxygen atoms in total. The second-order valence-corrected chi connectivity index (χ2v) is 10.4. The molecular weight excluding hydrogens is 513 g/mol. The fourth-order valence-corrected chi connectivity index (χ4v) is 5.55. The Labute approximate surface area is 224 Å².